The van der Waals surface area contributed by atoms with E-state index >= 15 is 0 Å². The van der Waals surface area contributed by atoms with Gasteiger partial charge in [-0.3, -0.25) is 4.79 Å². The van der Waals surface area contributed by atoms with E-state index in [9.17, 15) is 14.4 Å². The Kier molecular flexibility index (Phi) is 8.70. The van der Waals surface area contributed by atoms with Crippen molar-refractivity contribution >= 4 is 18.0 Å². The quantitative estimate of drug-likeness (QED) is 0.526. The van der Waals surface area contributed by atoms with Crippen molar-refractivity contribution in [2.75, 3.05) is 7.11 Å². The Hall–Kier alpha value is -2.83. The number of ether oxygens (including phenoxy) is 2. The summed E-state index contributed by atoms with van der Waals surface area (Å²) in [4.78, 5) is 37.1. The highest BCUT2D eigenvalue weighted by Crippen LogP contribution is 2.11. The second-order valence-corrected chi connectivity index (χ2v) is 7.49. The van der Waals surface area contributed by atoms with E-state index in [0.29, 0.717) is 0 Å². The van der Waals surface area contributed by atoms with Crippen LogP contribution in [-0.2, 0) is 25.5 Å². The zero-order chi connectivity index (χ0) is 21.3. The number of alkyl carbamates (subject to hydrolysis) is 1. The third-order valence-corrected chi connectivity index (χ3v) is 3.94. The van der Waals surface area contributed by atoms with Crippen molar-refractivity contribution in [3.63, 3.8) is 0 Å². The lowest BCUT2D eigenvalue weighted by Crippen LogP contribution is -2.54. The fourth-order valence-electron chi connectivity index (χ4n) is 2.43. The first-order valence-corrected chi connectivity index (χ1v) is 9.11. The SMILES string of the molecule is C=C[C@@H](C)[C@H](NC(=O)[C@H](Cc1ccccc1)NC(=O)OC(C)(C)C)C(=O)OC. The van der Waals surface area contributed by atoms with Gasteiger partial charge in [0.15, 0.2) is 0 Å². The van der Waals surface area contributed by atoms with Gasteiger partial charge < -0.3 is 20.1 Å². The highest BCUT2D eigenvalue weighted by atomic mass is 16.6. The second-order valence-electron chi connectivity index (χ2n) is 7.49. The van der Waals surface area contributed by atoms with Gasteiger partial charge in [-0.15, -0.1) is 6.58 Å². The van der Waals surface area contributed by atoms with Crippen LogP contribution in [0, 0.1) is 5.92 Å². The Morgan fingerprint density at radius 3 is 2.25 bits per heavy atom. The molecule has 0 unspecified atom stereocenters. The number of rotatable bonds is 8. The largest absolute Gasteiger partial charge is 0.467 e. The molecular weight excluding hydrogens is 360 g/mol. The van der Waals surface area contributed by atoms with E-state index in [1.54, 1.807) is 33.8 Å². The average molecular weight is 390 g/mol. The zero-order valence-electron chi connectivity index (χ0n) is 17.2. The van der Waals surface area contributed by atoms with Crippen LogP contribution in [0.3, 0.4) is 0 Å². The van der Waals surface area contributed by atoms with Crippen LogP contribution in [0.15, 0.2) is 43.0 Å². The van der Waals surface area contributed by atoms with Gasteiger partial charge in [0.1, 0.15) is 17.7 Å². The van der Waals surface area contributed by atoms with Crippen molar-refractivity contribution < 1.29 is 23.9 Å². The standard InChI is InChI=1S/C21H30N2O5/c1-7-14(2)17(19(25)27-6)23-18(24)16(13-15-11-9-8-10-12-15)22-20(26)28-21(3,4)5/h7-12,14,16-17H,1,13H2,2-6H3,(H,22,26)(H,23,24)/t14-,16+,17+/m1/s1. The van der Waals surface area contributed by atoms with Crippen LogP contribution in [-0.4, -0.2) is 42.8 Å². The summed E-state index contributed by atoms with van der Waals surface area (Å²) in [7, 11) is 1.25. The molecule has 0 aliphatic heterocycles. The van der Waals surface area contributed by atoms with Crippen molar-refractivity contribution in [3.05, 3.63) is 48.6 Å². The third-order valence-electron chi connectivity index (χ3n) is 3.94. The Balaban J connectivity index is 3.00. The van der Waals surface area contributed by atoms with Gasteiger partial charge in [-0.1, -0.05) is 43.3 Å². The normalized spacial score (nSPS) is 14.2. The van der Waals surface area contributed by atoms with E-state index < -0.39 is 35.7 Å². The predicted octanol–water partition coefficient (Wildman–Crippen LogP) is 2.60. The molecular formula is C21H30N2O5. The minimum absolute atomic E-state index is 0.238. The summed E-state index contributed by atoms with van der Waals surface area (Å²) in [5, 5.41) is 5.24. The first kappa shape index (κ1) is 23.2. The summed E-state index contributed by atoms with van der Waals surface area (Å²) in [6.07, 6.45) is 1.08. The molecule has 1 aromatic carbocycles. The summed E-state index contributed by atoms with van der Waals surface area (Å²) in [6.45, 7) is 10.6. The molecule has 28 heavy (non-hydrogen) atoms. The van der Waals surface area contributed by atoms with Gasteiger partial charge in [-0.05, 0) is 26.3 Å². The first-order chi connectivity index (χ1) is 13.1. The highest BCUT2D eigenvalue weighted by molar-refractivity contribution is 5.90. The third kappa shape index (κ3) is 7.82. The van der Waals surface area contributed by atoms with E-state index in [4.69, 9.17) is 9.47 Å². The number of esters is 1. The summed E-state index contributed by atoms with van der Waals surface area (Å²) in [5.74, 6) is -1.45. The molecule has 0 radical (unpaired) electrons. The van der Waals surface area contributed by atoms with E-state index in [2.05, 4.69) is 17.2 Å². The number of carbonyl (C=O) groups is 3. The molecule has 0 aliphatic carbocycles. The maximum Gasteiger partial charge on any atom is 0.408 e. The number of hydrogen-bond donors (Lipinski definition) is 2. The predicted molar refractivity (Wildman–Crippen MR) is 107 cm³/mol. The Morgan fingerprint density at radius 1 is 1.14 bits per heavy atom. The summed E-state index contributed by atoms with van der Waals surface area (Å²) in [6, 6.07) is 7.40. The molecule has 0 heterocycles. The molecule has 3 atom stereocenters. The fraction of sp³-hybridized carbons (Fsp3) is 0.476. The second kappa shape index (κ2) is 10.5. The number of nitrogens with one attached hydrogen (secondary N) is 2. The maximum absolute atomic E-state index is 12.9. The van der Waals surface area contributed by atoms with Crippen molar-refractivity contribution in [1.82, 2.24) is 10.6 Å². The molecule has 0 aromatic heterocycles. The van der Waals surface area contributed by atoms with Crippen molar-refractivity contribution in [2.24, 2.45) is 5.92 Å². The number of benzene rings is 1. The fourth-order valence-corrected chi connectivity index (χ4v) is 2.43. The monoisotopic (exact) mass is 390 g/mol. The van der Waals surface area contributed by atoms with Crippen molar-refractivity contribution in [2.45, 2.75) is 51.8 Å². The van der Waals surface area contributed by atoms with Gasteiger partial charge in [-0.25, -0.2) is 9.59 Å². The van der Waals surface area contributed by atoms with E-state index in [0.717, 1.165) is 5.56 Å². The summed E-state index contributed by atoms with van der Waals surface area (Å²) < 4.78 is 10.0. The number of hydrogen-bond acceptors (Lipinski definition) is 5. The zero-order valence-corrected chi connectivity index (χ0v) is 17.2. The van der Waals surface area contributed by atoms with Crippen LogP contribution in [0.1, 0.15) is 33.3 Å². The topological polar surface area (TPSA) is 93.7 Å². The molecule has 1 aromatic rings. The number of carbonyl (C=O) groups excluding carboxylic acids is 3. The Morgan fingerprint density at radius 2 is 1.75 bits per heavy atom. The van der Waals surface area contributed by atoms with Crippen LogP contribution in [0.4, 0.5) is 4.79 Å². The molecule has 154 valence electrons. The van der Waals surface area contributed by atoms with Gasteiger partial charge in [0.25, 0.3) is 0 Å². The summed E-state index contributed by atoms with van der Waals surface area (Å²) >= 11 is 0. The van der Waals surface area contributed by atoms with Crippen LogP contribution in [0.2, 0.25) is 0 Å². The minimum Gasteiger partial charge on any atom is -0.467 e. The number of amides is 2. The van der Waals surface area contributed by atoms with Crippen LogP contribution < -0.4 is 10.6 Å². The van der Waals surface area contributed by atoms with Gasteiger partial charge in [0.2, 0.25) is 5.91 Å². The molecule has 0 fully saturated rings. The van der Waals surface area contributed by atoms with Crippen LogP contribution in [0.25, 0.3) is 0 Å². The minimum atomic E-state index is -0.929. The first-order valence-electron chi connectivity index (χ1n) is 9.11. The van der Waals surface area contributed by atoms with Gasteiger partial charge >= 0.3 is 12.1 Å². The molecule has 0 saturated heterocycles. The summed E-state index contributed by atoms with van der Waals surface area (Å²) in [5.41, 5.74) is 0.147. The molecule has 0 aliphatic rings. The maximum atomic E-state index is 12.9. The molecule has 7 heteroatoms. The van der Waals surface area contributed by atoms with E-state index in [1.807, 2.05) is 30.3 Å². The molecule has 2 N–H and O–H groups in total. The van der Waals surface area contributed by atoms with Gasteiger partial charge in [0.05, 0.1) is 7.11 Å². The lowest BCUT2D eigenvalue weighted by molar-refractivity contribution is -0.146. The van der Waals surface area contributed by atoms with Gasteiger partial charge in [0, 0.05) is 12.3 Å². The lowest BCUT2D eigenvalue weighted by atomic mass is 10.0. The van der Waals surface area contributed by atoms with Crippen LogP contribution >= 0.6 is 0 Å². The van der Waals surface area contributed by atoms with E-state index in [-0.39, 0.29) is 12.3 Å². The number of methoxy groups -OCH3 is 1. The molecule has 0 saturated carbocycles. The van der Waals surface area contributed by atoms with Gasteiger partial charge in [-0.2, -0.15) is 0 Å². The lowest BCUT2D eigenvalue weighted by Gasteiger charge is -2.26. The highest BCUT2D eigenvalue weighted by Gasteiger charge is 2.31. The molecule has 0 spiro atoms. The Labute approximate surface area is 166 Å². The molecule has 7 nitrogen and oxygen atoms in total. The Bertz CT molecular complexity index is 682. The average Bonchev–Trinajstić information content (AvgIpc) is 2.63. The van der Waals surface area contributed by atoms with E-state index in [1.165, 1.54) is 7.11 Å². The van der Waals surface area contributed by atoms with Crippen molar-refractivity contribution in [3.8, 4) is 0 Å². The molecule has 2 amide bonds. The van der Waals surface area contributed by atoms with Crippen molar-refractivity contribution in [1.29, 1.82) is 0 Å². The molecule has 1 rings (SSSR count). The molecule has 0 bridgehead atoms. The van der Waals surface area contributed by atoms with Crippen LogP contribution in [0.5, 0.6) is 0 Å². The smallest absolute Gasteiger partial charge is 0.408 e.